The first-order chi connectivity index (χ1) is 15.6. The van der Waals surface area contributed by atoms with Gasteiger partial charge in [0, 0.05) is 17.7 Å². The number of thioether (sulfide) groups is 1. The van der Waals surface area contributed by atoms with Gasteiger partial charge in [0.1, 0.15) is 5.75 Å². The van der Waals surface area contributed by atoms with E-state index in [-0.39, 0.29) is 17.1 Å². The molecule has 0 saturated carbocycles. The van der Waals surface area contributed by atoms with E-state index in [1.54, 1.807) is 6.07 Å². The molecule has 0 saturated heterocycles. The maximum atomic E-state index is 13.8. The van der Waals surface area contributed by atoms with Gasteiger partial charge in [-0.25, -0.2) is 0 Å². The summed E-state index contributed by atoms with van der Waals surface area (Å²) in [4.78, 5) is 0. The highest BCUT2D eigenvalue weighted by Gasteiger charge is 2.90. The van der Waals surface area contributed by atoms with Crippen molar-refractivity contribution in [2.45, 2.75) is 81.1 Å². The van der Waals surface area contributed by atoms with Gasteiger partial charge in [-0.05, 0) is 36.6 Å². The fraction of sp³-hybridized carbons (Fsp3) is 0.700. The summed E-state index contributed by atoms with van der Waals surface area (Å²) in [6.45, 7) is 3.43. The Hall–Kier alpha value is -1.54. The number of rotatable bonds is 12. The Labute approximate surface area is 196 Å². The summed E-state index contributed by atoms with van der Waals surface area (Å²) in [5, 5.41) is 10.0. The first-order valence-electron chi connectivity index (χ1n) is 9.93. The summed E-state index contributed by atoms with van der Waals surface area (Å²) >= 11 is 0.399. The Balaban J connectivity index is 3.02. The molecular weight excluding hydrogens is 535 g/mol. The molecule has 204 valence electrons. The van der Waals surface area contributed by atoms with E-state index in [1.165, 1.54) is 13.0 Å². The third kappa shape index (κ3) is 5.90. The number of aromatic hydroxyl groups is 1. The van der Waals surface area contributed by atoms with Crippen molar-refractivity contribution < 1.29 is 62.2 Å². The fourth-order valence-corrected chi connectivity index (χ4v) is 3.90. The van der Waals surface area contributed by atoms with E-state index in [1.807, 2.05) is 6.92 Å². The summed E-state index contributed by atoms with van der Waals surface area (Å²) in [5.74, 6) is -38.4. The van der Waals surface area contributed by atoms with E-state index in [0.29, 0.717) is 23.7 Å². The largest absolute Gasteiger partial charge is 0.507 e. The Kier molecular flexibility index (Phi) is 9.40. The van der Waals surface area contributed by atoms with Crippen molar-refractivity contribution in [3.63, 3.8) is 0 Å². The van der Waals surface area contributed by atoms with E-state index in [0.717, 1.165) is 18.4 Å². The molecule has 15 heteroatoms. The molecule has 0 amide bonds. The molecule has 0 aliphatic rings. The molecule has 35 heavy (non-hydrogen) atoms. The average molecular weight is 556 g/mol. The molecule has 0 spiro atoms. The highest BCUT2D eigenvalue weighted by Crippen LogP contribution is 2.60. The van der Waals surface area contributed by atoms with Crippen molar-refractivity contribution in [2.75, 3.05) is 5.75 Å². The summed E-state index contributed by atoms with van der Waals surface area (Å²) in [5.41, 5.74) is 1.33. The number of phenols is 1. The van der Waals surface area contributed by atoms with Gasteiger partial charge in [-0.2, -0.15) is 68.8 Å². The first-order valence-corrected chi connectivity index (χ1v) is 11.1. The van der Waals surface area contributed by atoms with Gasteiger partial charge in [0.05, 0.1) is 0 Å². The fourth-order valence-electron chi connectivity index (χ4n) is 2.91. The van der Waals surface area contributed by atoms with Crippen LogP contribution in [0, 0.1) is 6.92 Å². The van der Waals surface area contributed by atoms with Crippen molar-refractivity contribution in [3.05, 3.63) is 28.8 Å². The molecule has 0 fully saturated rings. The summed E-state index contributed by atoms with van der Waals surface area (Å²) < 4.78 is 171. The third-order valence-corrected chi connectivity index (χ3v) is 6.08. The maximum absolute atomic E-state index is 13.8. The van der Waals surface area contributed by atoms with Crippen LogP contribution >= 0.6 is 11.8 Å². The SMILES string of the molecule is CCCCc1cc(C)c(O)c(CSCCC(F)(F)C(F)(F)C(F)(F)C(F)(F)C(F)(F)C(F)(F)F)c1. The zero-order valence-corrected chi connectivity index (χ0v) is 19.0. The lowest BCUT2D eigenvalue weighted by Crippen LogP contribution is -2.70. The lowest BCUT2D eigenvalue weighted by molar-refractivity contribution is -0.439. The van der Waals surface area contributed by atoms with Gasteiger partial charge in [-0.15, -0.1) is 0 Å². The minimum atomic E-state index is -7.89. The lowest BCUT2D eigenvalue weighted by atomic mass is 9.93. The highest BCUT2D eigenvalue weighted by atomic mass is 32.2. The normalized spacial score (nSPS) is 14.5. The van der Waals surface area contributed by atoms with Gasteiger partial charge in [-0.3, -0.25) is 0 Å². The molecule has 0 atom stereocenters. The number of alkyl halides is 13. The van der Waals surface area contributed by atoms with Crippen LogP contribution < -0.4 is 0 Å². The van der Waals surface area contributed by atoms with Crippen molar-refractivity contribution in [1.29, 1.82) is 0 Å². The second kappa shape index (κ2) is 10.4. The van der Waals surface area contributed by atoms with Crippen LogP contribution in [0.5, 0.6) is 5.75 Å². The van der Waals surface area contributed by atoms with E-state index >= 15 is 0 Å². The van der Waals surface area contributed by atoms with Gasteiger partial charge in [0.2, 0.25) is 0 Å². The van der Waals surface area contributed by atoms with Crippen molar-refractivity contribution in [1.82, 2.24) is 0 Å². The second-order valence-electron chi connectivity index (χ2n) is 7.83. The number of halogens is 13. The second-order valence-corrected chi connectivity index (χ2v) is 8.93. The number of unbranched alkanes of at least 4 members (excludes halogenated alkanes) is 1. The quantitative estimate of drug-likeness (QED) is 0.206. The molecule has 0 aromatic heterocycles. The smallest absolute Gasteiger partial charge is 0.460 e. The molecule has 1 aromatic carbocycles. The Bertz CT molecular complexity index is 865. The Morgan fingerprint density at radius 2 is 1.29 bits per heavy atom. The van der Waals surface area contributed by atoms with Crippen molar-refractivity contribution >= 4 is 11.8 Å². The first kappa shape index (κ1) is 31.5. The minimum Gasteiger partial charge on any atom is -0.507 e. The Morgan fingerprint density at radius 3 is 1.77 bits per heavy atom. The van der Waals surface area contributed by atoms with Gasteiger partial charge < -0.3 is 5.11 Å². The van der Waals surface area contributed by atoms with Crippen molar-refractivity contribution in [3.8, 4) is 5.75 Å². The average Bonchev–Trinajstić information content (AvgIpc) is 2.71. The van der Waals surface area contributed by atoms with Crippen LogP contribution in [0.15, 0.2) is 12.1 Å². The monoisotopic (exact) mass is 556 g/mol. The van der Waals surface area contributed by atoms with E-state index in [2.05, 4.69) is 0 Å². The maximum Gasteiger partial charge on any atom is 0.460 e. The van der Waals surface area contributed by atoms with Gasteiger partial charge in [0.25, 0.3) is 0 Å². The summed E-state index contributed by atoms with van der Waals surface area (Å²) in [6, 6.07) is 3.14. The van der Waals surface area contributed by atoms with Gasteiger partial charge in [0.15, 0.2) is 0 Å². The van der Waals surface area contributed by atoms with E-state index < -0.39 is 48.0 Å². The number of benzene rings is 1. The standard InChI is InChI=1S/C20H21F13OS/c1-3-4-5-12-8-11(2)14(34)13(9-12)10-35-7-6-15(21,22)16(23,24)17(25,26)18(27,28)19(29,30)20(31,32)33/h8-9,34H,3-7,10H2,1-2H3. The molecule has 1 N–H and O–H groups in total. The van der Waals surface area contributed by atoms with Crippen LogP contribution in [0.3, 0.4) is 0 Å². The van der Waals surface area contributed by atoms with Gasteiger partial charge >= 0.3 is 35.8 Å². The lowest BCUT2D eigenvalue weighted by Gasteiger charge is -2.39. The van der Waals surface area contributed by atoms with Crippen LogP contribution in [-0.4, -0.2) is 46.6 Å². The highest BCUT2D eigenvalue weighted by molar-refractivity contribution is 7.98. The van der Waals surface area contributed by atoms with Crippen LogP contribution in [0.4, 0.5) is 57.1 Å². The third-order valence-electron chi connectivity index (χ3n) is 5.07. The summed E-state index contributed by atoms with van der Waals surface area (Å²) in [6.07, 6.45) is -7.50. The molecule has 0 aliphatic carbocycles. The van der Waals surface area contributed by atoms with Crippen LogP contribution in [0.25, 0.3) is 0 Å². The summed E-state index contributed by atoms with van der Waals surface area (Å²) in [7, 11) is 0. The number of aryl methyl sites for hydroxylation is 2. The molecule has 0 bridgehead atoms. The van der Waals surface area contributed by atoms with Crippen LogP contribution in [0.1, 0.15) is 42.9 Å². The number of hydrogen-bond acceptors (Lipinski definition) is 2. The Morgan fingerprint density at radius 1 is 0.771 bits per heavy atom. The molecular formula is C20H21F13OS. The topological polar surface area (TPSA) is 20.2 Å². The molecule has 1 nitrogen and oxygen atoms in total. The predicted octanol–water partition coefficient (Wildman–Crippen LogP) is 8.41. The molecule has 0 radical (unpaired) electrons. The molecule has 0 heterocycles. The molecule has 0 aliphatic heterocycles. The minimum absolute atomic E-state index is 0.179. The van der Waals surface area contributed by atoms with Crippen molar-refractivity contribution in [2.24, 2.45) is 0 Å². The van der Waals surface area contributed by atoms with Crippen LogP contribution in [0.2, 0.25) is 0 Å². The zero-order valence-electron chi connectivity index (χ0n) is 18.2. The number of hydrogen-bond donors (Lipinski definition) is 1. The van der Waals surface area contributed by atoms with E-state index in [4.69, 9.17) is 0 Å². The van der Waals surface area contributed by atoms with Gasteiger partial charge in [-0.1, -0.05) is 25.5 Å². The predicted molar refractivity (Wildman–Crippen MR) is 103 cm³/mol. The molecule has 1 aromatic rings. The molecule has 1 rings (SSSR count). The van der Waals surface area contributed by atoms with E-state index in [9.17, 15) is 62.2 Å². The van der Waals surface area contributed by atoms with Crippen LogP contribution in [-0.2, 0) is 12.2 Å². The molecule has 0 unspecified atom stereocenters. The number of phenolic OH excluding ortho intramolecular Hbond substituents is 1. The zero-order chi connectivity index (χ0) is 27.7.